The van der Waals surface area contributed by atoms with Crippen LogP contribution in [0, 0.1) is 11.7 Å². The molecule has 0 saturated carbocycles. The van der Waals surface area contributed by atoms with Crippen molar-refractivity contribution in [1.29, 1.82) is 0 Å². The molecule has 0 spiro atoms. The predicted octanol–water partition coefficient (Wildman–Crippen LogP) is 2.70. The maximum absolute atomic E-state index is 13.6. The summed E-state index contributed by atoms with van der Waals surface area (Å²) in [5.74, 6) is 0.00783. The Labute approximate surface area is 163 Å². The fraction of sp³-hybridized carbons (Fsp3) is 0.476. The van der Waals surface area contributed by atoms with Gasteiger partial charge in [0.05, 0.1) is 17.8 Å². The maximum Gasteiger partial charge on any atom is 0.257 e. The fourth-order valence-corrected chi connectivity index (χ4v) is 4.37. The summed E-state index contributed by atoms with van der Waals surface area (Å²) in [5.41, 5.74) is 1.37. The molecule has 0 bridgehead atoms. The maximum atomic E-state index is 13.6. The number of aromatic nitrogens is 2. The number of aryl methyl sites for hydroxylation is 1. The van der Waals surface area contributed by atoms with Gasteiger partial charge in [0.2, 0.25) is 5.91 Å². The van der Waals surface area contributed by atoms with Crippen molar-refractivity contribution < 1.29 is 14.0 Å². The summed E-state index contributed by atoms with van der Waals surface area (Å²) in [5, 5.41) is 4.19. The Morgan fingerprint density at radius 1 is 1.32 bits per heavy atom. The first-order chi connectivity index (χ1) is 13.5. The zero-order valence-electron chi connectivity index (χ0n) is 16.1. The predicted molar refractivity (Wildman–Crippen MR) is 102 cm³/mol. The number of hydrogen-bond donors (Lipinski definition) is 0. The smallest absolute Gasteiger partial charge is 0.257 e. The lowest BCUT2D eigenvalue weighted by Gasteiger charge is -2.30. The molecule has 1 aromatic heterocycles. The van der Waals surface area contributed by atoms with Gasteiger partial charge in [-0.1, -0.05) is 12.1 Å². The van der Waals surface area contributed by atoms with E-state index >= 15 is 0 Å². The number of nitrogens with zero attached hydrogens (tertiary/aromatic N) is 4. The fourth-order valence-electron chi connectivity index (χ4n) is 4.37. The lowest BCUT2D eigenvalue weighted by Crippen LogP contribution is -2.43. The summed E-state index contributed by atoms with van der Waals surface area (Å²) in [7, 11) is 0. The average Bonchev–Trinajstić information content (AvgIpc) is 3.30. The third kappa shape index (κ3) is 3.66. The standard InChI is InChI=1S/C21H25FN4O2/c1-2-25-13-17(10-23-25)21(28)24-12-16-6-4-8-20(27)26(19(16)14-24)11-15-5-3-7-18(22)9-15/h3,5,7,9-10,13,16,19H,2,4,6,8,11-12,14H2,1H3/t16-,19+/m1/s1. The van der Waals surface area contributed by atoms with Crippen molar-refractivity contribution in [1.82, 2.24) is 19.6 Å². The number of fused-ring (bicyclic) bond motifs is 1. The summed E-state index contributed by atoms with van der Waals surface area (Å²) in [4.78, 5) is 29.4. The van der Waals surface area contributed by atoms with E-state index in [0.29, 0.717) is 38.2 Å². The number of benzene rings is 1. The van der Waals surface area contributed by atoms with Crippen molar-refractivity contribution in [3.8, 4) is 0 Å². The highest BCUT2D eigenvalue weighted by atomic mass is 19.1. The molecule has 3 heterocycles. The summed E-state index contributed by atoms with van der Waals surface area (Å²) in [6, 6.07) is 6.37. The van der Waals surface area contributed by atoms with E-state index < -0.39 is 0 Å². The van der Waals surface area contributed by atoms with E-state index in [1.54, 1.807) is 23.1 Å². The van der Waals surface area contributed by atoms with Gasteiger partial charge in [0, 0.05) is 38.8 Å². The highest BCUT2D eigenvalue weighted by Crippen LogP contribution is 2.32. The second kappa shape index (κ2) is 7.73. The number of rotatable bonds is 4. The third-order valence-corrected chi connectivity index (χ3v) is 5.83. The van der Waals surface area contributed by atoms with Gasteiger partial charge in [-0.15, -0.1) is 0 Å². The highest BCUT2D eigenvalue weighted by Gasteiger charge is 2.42. The highest BCUT2D eigenvalue weighted by molar-refractivity contribution is 5.94. The summed E-state index contributed by atoms with van der Waals surface area (Å²) in [6.45, 7) is 4.24. The lowest BCUT2D eigenvalue weighted by molar-refractivity contribution is -0.133. The number of carbonyl (C=O) groups is 2. The van der Waals surface area contributed by atoms with Crippen LogP contribution in [0.1, 0.15) is 42.1 Å². The molecular weight excluding hydrogens is 359 g/mol. The molecule has 148 valence electrons. The van der Waals surface area contributed by atoms with Crippen LogP contribution in [0.5, 0.6) is 0 Å². The Morgan fingerprint density at radius 3 is 2.93 bits per heavy atom. The van der Waals surface area contributed by atoms with Crippen LogP contribution in [0.2, 0.25) is 0 Å². The molecule has 2 aromatic rings. The molecule has 0 radical (unpaired) electrons. The van der Waals surface area contributed by atoms with E-state index in [2.05, 4.69) is 5.10 Å². The zero-order chi connectivity index (χ0) is 19.7. The summed E-state index contributed by atoms with van der Waals surface area (Å²) >= 11 is 0. The number of amides is 2. The monoisotopic (exact) mass is 384 g/mol. The van der Waals surface area contributed by atoms with Crippen LogP contribution in [0.4, 0.5) is 4.39 Å². The van der Waals surface area contributed by atoms with E-state index in [0.717, 1.165) is 18.4 Å². The largest absolute Gasteiger partial charge is 0.336 e. The minimum atomic E-state index is -0.299. The van der Waals surface area contributed by atoms with Crippen LogP contribution >= 0.6 is 0 Å². The first-order valence-corrected chi connectivity index (χ1v) is 9.90. The van der Waals surface area contributed by atoms with Crippen molar-refractivity contribution in [2.45, 2.75) is 45.3 Å². The summed E-state index contributed by atoms with van der Waals surface area (Å²) in [6.07, 6.45) is 5.64. The molecule has 6 nitrogen and oxygen atoms in total. The van der Waals surface area contributed by atoms with Crippen molar-refractivity contribution in [3.05, 3.63) is 53.6 Å². The molecule has 4 rings (SSSR count). The van der Waals surface area contributed by atoms with Crippen LogP contribution in [-0.2, 0) is 17.9 Å². The lowest BCUT2D eigenvalue weighted by atomic mass is 9.98. The normalized spacial score (nSPS) is 22.3. The minimum Gasteiger partial charge on any atom is -0.336 e. The molecule has 1 aromatic carbocycles. The molecule has 2 amide bonds. The molecule has 0 unspecified atom stereocenters. The Balaban J connectivity index is 1.53. The van der Waals surface area contributed by atoms with E-state index in [9.17, 15) is 14.0 Å². The van der Waals surface area contributed by atoms with Gasteiger partial charge in [-0.05, 0) is 43.4 Å². The van der Waals surface area contributed by atoms with E-state index in [4.69, 9.17) is 0 Å². The zero-order valence-corrected chi connectivity index (χ0v) is 16.1. The van der Waals surface area contributed by atoms with Crippen LogP contribution in [0.25, 0.3) is 0 Å². The van der Waals surface area contributed by atoms with Gasteiger partial charge in [-0.3, -0.25) is 14.3 Å². The first-order valence-electron chi connectivity index (χ1n) is 9.90. The molecule has 0 aliphatic carbocycles. The van der Waals surface area contributed by atoms with Crippen molar-refractivity contribution in [3.63, 3.8) is 0 Å². The van der Waals surface area contributed by atoms with Gasteiger partial charge in [-0.25, -0.2) is 4.39 Å². The van der Waals surface area contributed by atoms with Crippen LogP contribution in [0.3, 0.4) is 0 Å². The number of carbonyl (C=O) groups excluding carboxylic acids is 2. The molecule has 28 heavy (non-hydrogen) atoms. The van der Waals surface area contributed by atoms with Gasteiger partial charge < -0.3 is 9.80 Å². The molecule has 2 aliphatic rings. The van der Waals surface area contributed by atoms with Gasteiger partial charge in [0.25, 0.3) is 5.91 Å². The molecular formula is C21H25FN4O2. The van der Waals surface area contributed by atoms with Crippen molar-refractivity contribution >= 4 is 11.8 Å². The second-order valence-corrected chi connectivity index (χ2v) is 7.67. The molecule has 0 N–H and O–H groups in total. The number of hydrogen-bond acceptors (Lipinski definition) is 3. The van der Waals surface area contributed by atoms with Crippen LogP contribution in [0.15, 0.2) is 36.7 Å². The molecule has 2 atom stereocenters. The van der Waals surface area contributed by atoms with Crippen molar-refractivity contribution in [2.24, 2.45) is 5.92 Å². The Kier molecular flexibility index (Phi) is 5.15. The van der Waals surface area contributed by atoms with E-state index in [1.807, 2.05) is 22.8 Å². The average molecular weight is 384 g/mol. The van der Waals surface area contributed by atoms with Crippen LogP contribution in [-0.4, -0.2) is 50.5 Å². The molecule has 2 aliphatic heterocycles. The topological polar surface area (TPSA) is 58.4 Å². The minimum absolute atomic E-state index is 0.0246. The van der Waals surface area contributed by atoms with Gasteiger partial charge in [-0.2, -0.15) is 5.10 Å². The van der Waals surface area contributed by atoms with Crippen LogP contribution < -0.4 is 0 Å². The first kappa shape index (κ1) is 18.7. The SMILES string of the molecule is CCn1cc(C(=O)N2C[C@H]3CCCC(=O)N(Cc4cccc(F)c4)[C@H]3C2)cn1. The number of halogens is 1. The van der Waals surface area contributed by atoms with E-state index in [1.165, 1.54) is 12.1 Å². The molecule has 7 heteroatoms. The molecule has 2 saturated heterocycles. The quantitative estimate of drug-likeness (QED) is 0.814. The number of likely N-dealkylation sites (tertiary alicyclic amines) is 2. The Hall–Kier alpha value is -2.70. The Bertz CT molecular complexity index is 881. The van der Waals surface area contributed by atoms with Gasteiger partial charge in [0.15, 0.2) is 0 Å². The summed E-state index contributed by atoms with van der Waals surface area (Å²) < 4.78 is 15.3. The third-order valence-electron chi connectivity index (χ3n) is 5.83. The van der Waals surface area contributed by atoms with E-state index in [-0.39, 0.29) is 29.6 Å². The van der Waals surface area contributed by atoms with Gasteiger partial charge >= 0.3 is 0 Å². The van der Waals surface area contributed by atoms with Gasteiger partial charge in [0.1, 0.15) is 5.82 Å². The Morgan fingerprint density at radius 2 is 2.18 bits per heavy atom. The second-order valence-electron chi connectivity index (χ2n) is 7.67. The molecule has 2 fully saturated rings. The van der Waals surface area contributed by atoms with Crippen molar-refractivity contribution in [2.75, 3.05) is 13.1 Å².